The monoisotopic (exact) mass is 340 g/mol. The second kappa shape index (κ2) is 7.56. The van der Waals surface area contributed by atoms with Crippen LogP contribution in [0.5, 0.6) is 0 Å². The SMILES string of the molecule is C[N+]1(CCCCCC2=C(Br)C(=O)CC=C2)CCCCC1. The topological polar surface area (TPSA) is 17.1 Å². The number of Topliss-reactive ketones (excluding diaryl/α,β-unsaturated/α-hetero) is 1. The Balaban J connectivity index is 1.65. The molecule has 1 aliphatic heterocycles. The first-order valence-corrected chi connectivity index (χ1v) is 8.82. The molecule has 20 heavy (non-hydrogen) atoms. The number of quaternary nitrogens is 1. The molecule has 0 spiro atoms. The minimum atomic E-state index is 0.230. The van der Waals surface area contributed by atoms with Gasteiger partial charge >= 0.3 is 0 Å². The fourth-order valence-electron chi connectivity index (χ4n) is 3.33. The summed E-state index contributed by atoms with van der Waals surface area (Å²) < 4.78 is 2.10. The van der Waals surface area contributed by atoms with E-state index in [4.69, 9.17) is 0 Å². The molecule has 0 aromatic rings. The third kappa shape index (κ3) is 4.56. The lowest BCUT2D eigenvalue weighted by Gasteiger charge is -2.37. The number of hydrogen-bond donors (Lipinski definition) is 0. The van der Waals surface area contributed by atoms with Crippen molar-refractivity contribution in [3.05, 3.63) is 22.2 Å². The molecule has 2 aliphatic rings. The molecule has 2 rings (SSSR count). The number of ketones is 1. The fraction of sp³-hybridized carbons (Fsp3) is 0.706. The number of rotatable bonds is 6. The molecule has 1 fully saturated rings. The van der Waals surface area contributed by atoms with Gasteiger partial charge in [-0.15, -0.1) is 0 Å². The van der Waals surface area contributed by atoms with Crippen LogP contribution in [0.2, 0.25) is 0 Å². The standard InChI is InChI=1S/C17H27BrNO/c1-19(13-6-3-7-14-19)12-5-2-4-9-15-10-8-11-16(20)17(15)18/h8,10H,2-7,9,11-14H2,1H3/q+1. The number of hydrogen-bond acceptors (Lipinski definition) is 1. The number of allylic oxidation sites excluding steroid dienone is 4. The van der Waals surface area contributed by atoms with E-state index < -0.39 is 0 Å². The van der Waals surface area contributed by atoms with Crippen LogP contribution >= 0.6 is 15.9 Å². The third-order valence-electron chi connectivity index (χ3n) is 4.69. The lowest BCUT2D eigenvalue weighted by molar-refractivity contribution is -0.914. The van der Waals surface area contributed by atoms with E-state index in [-0.39, 0.29) is 5.78 Å². The van der Waals surface area contributed by atoms with Crippen molar-refractivity contribution in [3.8, 4) is 0 Å². The fourth-order valence-corrected chi connectivity index (χ4v) is 3.82. The smallest absolute Gasteiger partial charge is 0.173 e. The molecular formula is C17H27BrNO+. The van der Waals surface area contributed by atoms with E-state index in [1.165, 1.54) is 68.2 Å². The Hall–Kier alpha value is -0.410. The van der Waals surface area contributed by atoms with E-state index in [0.29, 0.717) is 6.42 Å². The van der Waals surface area contributed by atoms with Crippen LogP contribution in [0.25, 0.3) is 0 Å². The largest absolute Gasteiger partial charge is 0.326 e. The Labute approximate surface area is 131 Å². The summed E-state index contributed by atoms with van der Waals surface area (Å²) in [7, 11) is 2.42. The van der Waals surface area contributed by atoms with Gasteiger partial charge in [-0.2, -0.15) is 0 Å². The molecule has 3 heteroatoms. The minimum Gasteiger partial charge on any atom is -0.326 e. The molecular weight excluding hydrogens is 314 g/mol. The van der Waals surface area contributed by atoms with Gasteiger partial charge in [0.25, 0.3) is 0 Å². The van der Waals surface area contributed by atoms with Crippen molar-refractivity contribution in [1.82, 2.24) is 0 Å². The number of carbonyl (C=O) groups excluding carboxylic acids is 1. The van der Waals surface area contributed by atoms with Crippen LogP contribution in [0.4, 0.5) is 0 Å². The first-order chi connectivity index (χ1) is 9.61. The van der Waals surface area contributed by atoms with Crippen molar-refractivity contribution in [2.24, 2.45) is 0 Å². The zero-order valence-corrected chi connectivity index (χ0v) is 14.3. The first-order valence-electron chi connectivity index (χ1n) is 8.03. The zero-order valence-electron chi connectivity index (χ0n) is 12.7. The summed E-state index contributed by atoms with van der Waals surface area (Å²) in [5, 5.41) is 0. The summed E-state index contributed by atoms with van der Waals surface area (Å²) in [5.74, 6) is 0.230. The van der Waals surface area contributed by atoms with Crippen LogP contribution in [0.3, 0.4) is 0 Å². The van der Waals surface area contributed by atoms with Crippen molar-refractivity contribution in [2.45, 2.75) is 51.4 Å². The van der Waals surface area contributed by atoms with Crippen molar-refractivity contribution >= 4 is 21.7 Å². The van der Waals surface area contributed by atoms with Gasteiger partial charge in [0, 0.05) is 6.42 Å². The Kier molecular flexibility index (Phi) is 6.03. The highest BCUT2D eigenvalue weighted by molar-refractivity contribution is 9.12. The maximum atomic E-state index is 11.6. The minimum absolute atomic E-state index is 0.230. The van der Waals surface area contributed by atoms with Crippen LogP contribution in [0.1, 0.15) is 51.4 Å². The molecule has 1 saturated heterocycles. The van der Waals surface area contributed by atoms with Crippen LogP contribution in [-0.2, 0) is 4.79 Å². The highest BCUT2D eigenvalue weighted by Gasteiger charge is 2.23. The summed E-state index contributed by atoms with van der Waals surface area (Å²) >= 11 is 3.44. The molecule has 0 saturated carbocycles. The summed E-state index contributed by atoms with van der Waals surface area (Å²) in [4.78, 5) is 11.6. The molecule has 0 unspecified atom stereocenters. The zero-order chi connectivity index (χ0) is 14.4. The molecule has 0 aromatic heterocycles. The second-order valence-electron chi connectivity index (χ2n) is 6.53. The summed E-state index contributed by atoms with van der Waals surface area (Å²) in [6, 6.07) is 0. The summed E-state index contributed by atoms with van der Waals surface area (Å²) in [5.41, 5.74) is 1.19. The van der Waals surface area contributed by atoms with Gasteiger partial charge in [0.15, 0.2) is 5.78 Å². The number of halogens is 1. The van der Waals surface area contributed by atoms with E-state index in [9.17, 15) is 4.79 Å². The average Bonchev–Trinajstić information content (AvgIpc) is 2.44. The van der Waals surface area contributed by atoms with Crippen LogP contribution < -0.4 is 0 Å². The predicted molar refractivity (Wildman–Crippen MR) is 87.8 cm³/mol. The van der Waals surface area contributed by atoms with Gasteiger partial charge < -0.3 is 4.48 Å². The number of unbranched alkanes of at least 4 members (excludes halogenated alkanes) is 2. The number of likely N-dealkylation sites (tertiary alicyclic amines) is 1. The molecule has 0 radical (unpaired) electrons. The molecule has 1 aliphatic carbocycles. The Bertz CT molecular complexity index is 405. The average molecular weight is 341 g/mol. The van der Waals surface area contributed by atoms with Gasteiger partial charge in [-0.3, -0.25) is 4.79 Å². The van der Waals surface area contributed by atoms with Crippen molar-refractivity contribution < 1.29 is 9.28 Å². The van der Waals surface area contributed by atoms with Crippen LogP contribution in [0, 0.1) is 0 Å². The highest BCUT2D eigenvalue weighted by Crippen LogP contribution is 2.25. The molecule has 1 heterocycles. The second-order valence-corrected chi connectivity index (χ2v) is 7.32. The molecule has 112 valence electrons. The van der Waals surface area contributed by atoms with Gasteiger partial charge in [-0.1, -0.05) is 12.2 Å². The maximum absolute atomic E-state index is 11.6. The summed E-state index contributed by atoms with van der Waals surface area (Å²) in [6.07, 6.45) is 13.7. The Morgan fingerprint density at radius 1 is 1.15 bits per heavy atom. The van der Waals surface area contributed by atoms with E-state index >= 15 is 0 Å². The molecule has 0 N–H and O–H groups in total. The third-order valence-corrected chi connectivity index (χ3v) is 5.64. The van der Waals surface area contributed by atoms with Gasteiger partial charge in [0.05, 0.1) is 31.2 Å². The van der Waals surface area contributed by atoms with Crippen LogP contribution in [0.15, 0.2) is 22.2 Å². The van der Waals surface area contributed by atoms with E-state index in [1.54, 1.807) is 0 Å². The van der Waals surface area contributed by atoms with Crippen molar-refractivity contribution in [1.29, 1.82) is 0 Å². The number of nitrogens with zero attached hydrogens (tertiary/aromatic N) is 1. The summed E-state index contributed by atoms with van der Waals surface area (Å²) in [6.45, 7) is 4.07. The van der Waals surface area contributed by atoms with Crippen molar-refractivity contribution in [3.63, 3.8) is 0 Å². The lowest BCUT2D eigenvalue weighted by atomic mass is 10.00. The molecule has 0 atom stereocenters. The predicted octanol–water partition coefficient (Wildman–Crippen LogP) is 4.36. The molecule has 2 nitrogen and oxygen atoms in total. The quantitative estimate of drug-likeness (QED) is 0.518. The van der Waals surface area contributed by atoms with Gasteiger partial charge in [0.2, 0.25) is 0 Å². The molecule has 0 aromatic carbocycles. The highest BCUT2D eigenvalue weighted by atomic mass is 79.9. The van der Waals surface area contributed by atoms with Crippen LogP contribution in [-0.4, -0.2) is 36.9 Å². The van der Waals surface area contributed by atoms with Gasteiger partial charge in [0.1, 0.15) is 0 Å². The Morgan fingerprint density at radius 3 is 2.65 bits per heavy atom. The molecule has 0 bridgehead atoms. The molecule has 0 amide bonds. The number of piperidine rings is 1. The maximum Gasteiger partial charge on any atom is 0.173 e. The lowest BCUT2D eigenvalue weighted by Crippen LogP contribution is -2.48. The first kappa shape index (κ1) is 16.0. The van der Waals surface area contributed by atoms with Gasteiger partial charge in [-0.05, 0) is 66.4 Å². The Morgan fingerprint density at radius 2 is 1.90 bits per heavy atom. The van der Waals surface area contributed by atoms with Gasteiger partial charge in [-0.25, -0.2) is 0 Å². The van der Waals surface area contributed by atoms with Crippen molar-refractivity contribution in [2.75, 3.05) is 26.7 Å². The van der Waals surface area contributed by atoms with E-state index in [1.807, 2.05) is 6.08 Å². The number of carbonyl (C=O) groups is 1. The van der Waals surface area contributed by atoms with E-state index in [0.717, 1.165) is 10.9 Å². The van der Waals surface area contributed by atoms with E-state index in [2.05, 4.69) is 29.1 Å². The normalized spacial score (nSPS) is 22.4.